The fourth-order valence-corrected chi connectivity index (χ4v) is 3.29. The van der Waals surface area contributed by atoms with Gasteiger partial charge in [-0.15, -0.1) is 0 Å². The summed E-state index contributed by atoms with van der Waals surface area (Å²) in [5, 5.41) is 2.87. The van der Waals surface area contributed by atoms with Crippen molar-refractivity contribution in [3.05, 3.63) is 53.9 Å². The summed E-state index contributed by atoms with van der Waals surface area (Å²) in [4.78, 5) is 33.3. The highest BCUT2D eigenvalue weighted by atomic mass is 16.5. The normalized spacial score (nSPS) is 13.9. The van der Waals surface area contributed by atoms with Gasteiger partial charge in [-0.3, -0.25) is 14.6 Å². The molecule has 0 spiro atoms. The van der Waals surface area contributed by atoms with Gasteiger partial charge in [0.05, 0.1) is 7.11 Å². The average Bonchev–Trinajstić information content (AvgIpc) is 2.79. The summed E-state index contributed by atoms with van der Waals surface area (Å²) in [6.07, 6.45) is 3.47. The molecule has 7 nitrogen and oxygen atoms in total. The fourth-order valence-electron chi connectivity index (χ4n) is 3.29. The van der Waals surface area contributed by atoms with Gasteiger partial charge in [-0.25, -0.2) is 0 Å². The van der Waals surface area contributed by atoms with Gasteiger partial charge in [0.25, 0.3) is 11.8 Å². The monoisotopic (exact) mass is 396 g/mol. The van der Waals surface area contributed by atoms with E-state index in [0.29, 0.717) is 30.9 Å². The molecule has 3 rings (SSSR count). The number of unbranched alkanes of at least 4 members (excludes halogenated alkanes) is 1. The summed E-state index contributed by atoms with van der Waals surface area (Å²) in [7, 11) is 1.65. The molecule has 29 heavy (non-hydrogen) atoms. The van der Waals surface area contributed by atoms with Gasteiger partial charge >= 0.3 is 0 Å². The minimum atomic E-state index is -0.167. The Kier molecular flexibility index (Phi) is 7.05. The molecule has 1 fully saturated rings. The molecule has 7 heteroatoms. The van der Waals surface area contributed by atoms with Gasteiger partial charge in [-0.2, -0.15) is 0 Å². The lowest BCUT2D eigenvalue weighted by molar-refractivity contribution is 0.0741. The standard InChI is InChI=1S/C22H28N4O3/c1-3-4-10-24-21(27)17-9-11-23-20(16-17)22(28)26-14-12-25(13-15-26)18-5-7-19(29-2)8-6-18/h5-9,11,16H,3-4,10,12-15H2,1-2H3,(H,24,27). The van der Waals surface area contributed by atoms with E-state index >= 15 is 0 Å². The van der Waals surface area contributed by atoms with E-state index in [1.54, 1.807) is 24.1 Å². The summed E-state index contributed by atoms with van der Waals surface area (Å²) in [6, 6.07) is 11.2. The van der Waals surface area contributed by atoms with Crippen LogP contribution in [0.1, 0.15) is 40.6 Å². The Morgan fingerprint density at radius 2 is 1.83 bits per heavy atom. The molecule has 1 aliphatic heterocycles. The highest BCUT2D eigenvalue weighted by molar-refractivity contribution is 5.98. The van der Waals surface area contributed by atoms with Gasteiger partial charge in [0.2, 0.25) is 0 Å². The van der Waals surface area contributed by atoms with E-state index in [1.165, 1.54) is 6.20 Å². The highest BCUT2D eigenvalue weighted by Gasteiger charge is 2.23. The van der Waals surface area contributed by atoms with Crippen LogP contribution >= 0.6 is 0 Å². The van der Waals surface area contributed by atoms with Gasteiger partial charge in [-0.05, 0) is 42.8 Å². The topological polar surface area (TPSA) is 74.8 Å². The molecule has 0 bridgehead atoms. The van der Waals surface area contributed by atoms with Gasteiger partial charge in [0.1, 0.15) is 11.4 Å². The first kappa shape index (κ1) is 20.6. The smallest absolute Gasteiger partial charge is 0.272 e. The molecule has 2 heterocycles. The lowest BCUT2D eigenvalue weighted by Gasteiger charge is -2.36. The number of anilines is 1. The Labute approximate surface area is 171 Å². The molecule has 0 unspecified atom stereocenters. The Bertz CT molecular complexity index is 830. The largest absolute Gasteiger partial charge is 0.497 e. The van der Waals surface area contributed by atoms with Gasteiger partial charge in [-0.1, -0.05) is 13.3 Å². The number of ether oxygens (including phenoxy) is 1. The zero-order chi connectivity index (χ0) is 20.6. The van der Waals surface area contributed by atoms with E-state index in [2.05, 4.69) is 22.1 Å². The molecule has 1 aromatic carbocycles. The van der Waals surface area contributed by atoms with Crippen molar-refractivity contribution in [2.75, 3.05) is 44.7 Å². The molecular formula is C22H28N4O3. The lowest BCUT2D eigenvalue weighted by atomic mass is 10.2. The molecule has 154 valence electrons. The van der Waals surface area contributed by atoms with Gasteiger partial charge < -0.3 is 19.9 Å². The van der Waals surface area contributed by atoms with E-state index in [0.717, 1.165) is 37.4 Å². The number of pyridine rings is 1. The first-order chi connectivity index (χ1) is 14.1. The Morgan fingerprint density at radius 1 is 1.10 bits per heavy atom. The van der Waals surface area contributed by atoms with E-state index in [4.69, 9.17) is 4.74 Å². The molecule has 0 saturated carbocycles. The SMILES string of the molecule is CCCCNC(=O)c1ccnc(C(=O)N2CCN(c3ccc(OC)cc3)CC2)c1. The minimum Gasteiger partial charge on any atom is -0.497 e. The van der Waals surface area contributed by atoms with Crippen LogP contribution in [0.15, 0.2) is 42.6 Å². The third-order valence-electron chi connectivity index (χ3n) is 5.06. The second kappa shape index (κ2) is 9.91. The van der Waals surface area contributed by atoms with E-state index in [9.17, 15) is 9.59 Å². The zero-order valence-corrected chi connectivity index (χ0v) is 17.1. The van der Waals surface area contributed by atoms with Crippen LogP contribution in [0.2, 0.25) is 0 Å². The number of aromatic nitrogens is 1. The van der Waals surface area contributed by atoms with E-state index in [1.807, 2.05) is 24.3 Å². The van der Waals surface area contributed by atoms with Crippen LogP contribution in [0.5, 0.6) is 5.75 Å². The van der Waals surface area contributed by atoms with Crippen molar-refractivity contribution in [1.82, 2.24) is 15.2 Å². The maximum absolute atomic E-state index is 12.9. The predicted octanol–water partition coefficient (Wildman–Crippen LogP) is 2.58. The van der Waals surface area contributed by atoms with Crippen molar-refractivity contribution >= 4 is 17.5 Å². The summed E-state index contributed by atoms with van der Waals surface area (Å²) in [5.74, 6) is 0.522. The Balaban J connectivity index is 1.58. The number of hydrogen-bond donors (Lipinski definition) is 1. The molecule has 1 N–H and O–H groups in total. The van der Waals surface area contributed by atoms with E-state index < -0.39 is 0 Å². The number of nitrogens with zero attached hydrogens (tertiary/aromatic N) is 3. The number of benzene rings is 1. The van der Waals surface area contributed by atoms with Crippen molar-refractivity contribution < 1.29 is 14.3 Å². The number of carbonyl (C=O) groups is 2. The van der Waals surface area contributed by atoms with Crippen molar-refractivity contribution in [2.24, 2.45) is 0 Å². The zero-order valence-electron chi connectivity index (χ0n) is 17.1. The van der Waals surface area contributed by atoms with Crippen molar-refractivity contribution in [3.8, 4) is 5.75 Å². The molecule has 0 aliphatic carbocycles. The molecule has 0 radical (unpaired) electrons. The molecule has 2 amide bonds. The number of hydrogen-bond acceptors (Lipinski definition) is 5. The summed E-state index contributed by atoms with van der Waals surface area (Å²) < 4.78 is 5.20. The summed E-state index contributed by atoms with van der Waals surface area (Å²) in [5.41, 5.74) is 1.89. The first-order valence-corrected chi connectivity index (χ1v) is 10.0. The van der Waals surface area contributed by atoms with Crippen LogP contribution in [0.3, 0.4) is 0 Å². The Morgan fingerprint density at radius 3 is 2.48 bits per heavy atom. The van der Waals surface area contributed by atoms with Crippen LogP contribution < -0.4 is 15.0 Å². The fraction of sp³-hybridized carbons (Fsp3) is 0.409. The van der Waals surface area contributed by atoms with Crippen LogP contribution in [0.4, 0.5) is 5.69 Å². The number of piperazine rings is 1. The average molecular weight is 396 g/mol. The molecule has 1 saturated heterocycles. The third kappa shape index (κ3) is 5.25. The minimum absolute atomic E-state index is 0.136. The molecule has 1 aromatic heterocycles. The number of rotatable bonds is 7. The predicted molar refractivity (Wildman–Crippen MR) is 113 cm³/mol. The van der Waals surface area contributed by atoms with Gasteiger partial charge in [0.15, 0.2) is 0 Å². The van der Waals surface area contributed by atoms with Crippen LogP contribution in [0, 0.1) is 0 Å². The molecular weight excluding hydrogens is 368 g/mol. The maximum Gasteiger partial charge on any atom is 0.272 e. The van der Waals surface area contributed by atoms with Crippen molar-refractivity contribution in [2.45, 2.75) is 19.8 Å². The lowest BCUT2D eigenvalue weighted by Crippen LogP contribution is -2.49. The highest BCUT2D eigenvalue weighted by Crippen LogP contribution is 2.21. The number of methoxy groups -OCH3 is 1. The van der Waals surface area contributed by atoms with Crippen molar-refractivity contribution in [3.63, 3.8) is 0 Å². The molecule has 2 aromatic rings. The maximum atomic E-state index is 12.9. The van der Waals surface area contributed by atoms with Crippen LogP contribution in [-0.2, 0) is 0 Å². The second-order valence-corrected chi connectivity index (χ2v) is 7.02. The first-order valence-electron chi connectivity index (χ1n) is 10.0. The third-order valence-corrected chi connectivity index (χ3v) is 5.06. The summed E-state index contributed by atoms with van der Waals surface area (Å²) >= 11 is 0. The second-order valence-electron chi connectivity index (χ2n) is 7.02. The Hall–Kier alpha value is -3.09. The number of amides is 2. The van der Waals surface area contributed by atoms with Crippen LogP contribution in [-0.4, -0.2) is 61.5 Å². The van der Waals surface area contributed by atoms with Crippen molar-refractivity contribution in [1.29, 1.82) is 0 Å². The quantitative estimate of drug-likeness (QED) is 0.728. The molecule has 0 atom stereocenters. The summed E-state index contributed by atoms with van der Waals surface area (Å²) in [6.45, 7) is 5.42. The van der Waals surface area contributed by atoms with Gasteiger partial charge in [0, 0.05) is 50.2 Å². The van der Waals surface area contributed by atoms with E-state index in [-0.39, 0.29) is 11.8 Å². The molecule has 1 aliphatic rings. The van der Waals surface area contributed by atoms with Crippen LogP contribution in [0.25, 0.3) is 0 Å². The number of carbonyl (C=O) groups excluding carboxylic acids is 2. The number of nitrogens with one attached hydrogen (secondary N) is 1.